The molecule has 106 valence electrons. The van der Waals surface area contributed by atoms with E-state index in [9.17, 15) is 22.4 Å². The summed E-state index contributed by atoms with van der Waals surface area (Å²) in [7, 11) is 0. The molecular weight excluding hydrogens is 264 g/mol. The second-order valence-corrected chi connectivity index (χ2v) is 4.38. The molecule has 1 N–H and O–H groups in total. The fourth-order valence-corrected chi connectivity index (χ4v) is 1.81. The van der Waals surface area contributed by atoms with Gasteiger partial charge in [-0.05, 0) is 37.0 Å². The van der Waals surface area contributed by atoms with Crippen LogP contribution in [0.3, 0.4) is 0 Å². The van der Waals surface area contributed by atoms with Crippen LogP contribution >= 0.6 is 0 Å². The molecule has 0 radical (unpaired) electrons. The molecule has 0 aromatic heterocycles. The summed E-state index contributed by atoms with van der Waals surface area (Å²) in [5, 5.41) is 8.96. The van der Waals surface area contributed by atoms with Crippen LogP contribution < -0.4 is 0 Å². The van der Waals surface area contributed by atoms with Crippen LogP contribution in [0.15, 0.2) is 24.3 Å². The van der Waals surface area contributed by atoms with Gasteiger partial charge >= 0.3 is 12.1 Å². The number of benzene rings is 1. The second kappa shape index (κ2) is 6.54. The van der Waals surface area contributed by atoms with Gasteiger partial charge in [0.1, 0.15) is 5.82 Å². The fraction of sp³-hybridized carbons (Fsp3) is 0.462. The quantitative estimate of drug-likeness (QED) is 0.803. The van der Waals surface area contributed by atoms with Crippen molar-refractivity contribution in [1.29, 1.82) is 0 Å². The summed E-state index contributed by atoms with van der Waals surface area (Å²) in [5.41, 5.74) is 0.472. The SMILES string of the molecule is O=C(O)C(CCCC(F)(F)F)Cc1cccc(F)c1. The van der Waals surface area contributed by atoms with Crippen LogP contribution in [-0.4, -0.2) is 17.3 Å². The first-order valence-corrected chi connectivity index (χ1v) is 5.82. The first-order valence-electron chi connectivity index (χ1n) is 5.82. The molecule has 2 nitrogen and oxygen atoms in total. The van der Waals surface area contributed by atoms with Crippen molar-refractivity contribution in [1.82, 2.24) is 0 Å². The van der Waals surface area contributed by atoms with Gasteiger partial charge in [0.2, 0.25) is 0 Å². The molecule has 0 fully saturated rings. The van der Waals surface area contributed by atoms with Crippen molar-refractivity contribution in [3.05, 3.63) is 35.6 Å². The van der Waals surface area contributed by atoms with Gasteiger partial charge in [-0.15, -0.1) is 0 Å². The first-order chi connectivity index (χ1) is 8.78. The minimum absolute atomic E-state index is 0.0327. The molecule has 0 saturated carbocycles. The van der Waals surface area contributed by atoms with Gasteiger partial charge in [0.05, 0.1) is 5.92 Å². The van der Waals surface area contributed by atoms with Crippen molar-refractivity contribution in [2.75, 3.05) is 0 Å². The zero-order chi connectivity index (χ0) is 14.5. The predicted octanol–water partition coefficient (Wildman–Crippen LogP) is 3.80. The molecule has 1 atom stereocenters. The van der Waals surface area contributed by atoms with Crippen molar-refractivity contribution < 1.29 is 27.5 Å². The van der Waals surface area contributed by atoms with Gasteiger partial charge in [0, 0.05) is 6.42 Å². The average molecular weight is 278 g/mol. The van der Waals surface area contributed by atoms with E-state index in [-0.39, 0.29) is 19.3 Å². The minimum Gasteiger partial charge on any atom is -0.481 e. The van der Waals surface area contributed by atoms with E-state index >= 15 is 0 Å². The van der Waals surface area contributed by atoms with Gasteiger partial charge in [0.25, 0.3) is 0 Å². The zero-order valence-corrected chi connectivity index (χ0v) is 10.1. The highest BCUT2D eigenvalue weighted by atomic mass is 19.4. The summed E-state index contributed by atoms with van der Waals surface area (Å²) in [6.07, 6.45) is -5.56. The Kier molecular flexibility index (Phi) is 5.32. The monoisotopic (exact) mass is 278 g/mol. The number of aliphatic carboxylic acids is 1. The third-order valence-electron chi connectivity index (χ3n) is 2.73. The highest BCUT2D eigenvalue weighted by molar-refractivity contribution is 5.70. The number of carboxylic acids is 1. The van der Waals surface area contributed by atoms with Crippen LogP contribution in [0.4, 0.5) is 17.6 Å². The summed E-state index contributed by atoms with van der Waals surface area (Å²) in [5.74, 6) is -2.58. The molecule has 6 heteroatoms. The van der Waals surface area contributed by atoms with E-state index in [1.165, 1.54) is 18.2 Å². The zero-order valence-electron chi connectivity index (χ0n) is 10.1. The first kappa shape index (κ1) is 15.5. The smallest absolute Gasteiger partial charge is 0.389 e. The highest BCUT2D eigenvalue weighted by Gasteiger charge is 2.28. The normalized spacial score (nSPS) is 13.3. The highest BCUT2D eigenvalue weighted by Crippen LogP contribution is 2.25. The Bertz CT molecular complexity index is 429. The molecule has 0 heterocycles. The van der Waals surface area contributed by atoms with Crippen molar-refractivity contribution in [3.63, 3.8) is 0 Å². The molecule has 0 aliphatic heterocycles. The van der Waals surface area contributed by atoms with Crippen LogP contribution in [0.25, 0.3) is 0 Å². The lowest BCUT2D eigenvalue weighted by Crippen LogP contribution is -2.18. The van der Waals surface area contributed by atoms with Crippen molar-refractivity contribution in [3.8, 4) is 0 Å². The van der Waals surface area contributed by atoms with Gasteiger partial charge < -0.3 is 5.11 Å². The Hall–Kier alpha value is -1.59. The number of rotatable bonds is 6. The molecule has 19 heavy (non-hydrogen) atoms. The molecule has 1 aromatic carbocycles. The van der Waals surface area contributed by atoms with Crippen LogP contribution in [0.1, 0.15) is 24.8 Å². The maximum atomic E-state index is 12.9. The van der Waals surface area contributed by atoms with E-state index in [0.717, 1.165) is 0 Å². The summed E-state index contributed by atoms with van der Waals surface area (Å²) in [4.78, 5) is 11.0. The topological polar surface area (TPSA) is 37.3 Å². The number of hydrogen-bond donors (Lipinski definition) is 1. The summed E-state index contributed by atoms with van der Waals surface area (Å²) in [6.45, 7) is 0. The Morgan fingerprint density at radius 3 is 2.53 bits per heavy atom. The molecule has 0 aliphatic rings. The van der Waals surface area contributed by atoms with Gasteiger partial charge in [-0.2, -0.15) is 13.2 Å². The van der Waals surface area contributed by atoms with Crippen LogP contribution in [-0.2, 0) is 11.2 Å². The Balaban J connectivity index is 2.56. The Morgan fingerprint density at radius 1 is 1.32 bits per heavy atom. The van der Waals surface area contributed by atoms with Crippen molar-refractivity contribution in [2.45, 2.75) is 31.9 Å². The number of halogens is 4. The van der Waals surface area contributed by atoms with Gasteiger partial charge in [-0.1, -0.05) is 12.1 Å². The molecular formula is C13H14F4O2. The number of carboxylic acid groups (broad SMARTS) is 1. The second-order valence-electron chi connectivity index (χ2n) is 4.38. The van der Waals surface area contributed by atoms with E-state index in [1.54, 1.807) is 6.07 Å². The van der Waals surface area contributed by atoms with Crippen molar-refractivity contribution >= 4 is 5.97 Å². The lowest BCUT2D eigenvalue weighted by Gasteiger charge is -2.13. The van der Waals surface area contributed by atoms with Crippen LogP contribution in [0, 0.1) is 11.7 Å². The third-order valence-corrected chi connectivity index (χ3v) is 2.73. The van der Waals surface area contributed by atoms with E-state index in [4.69, 9.17) is 5.11 Å². The lowest BCUT2D eigenvalue weighted by molar-refractivity contribution is -0.145. The van der Waals surface area contributed by atoms with E-state index in [2.05, 4.69) is 0 Å². The maximum absolute atomic E-state index is 12.9. The van der Waals surface area contributed by atoms with E-state index < -0.39 is 30.3 Å². The van der Waals surface area contributed by atoms with Crippen LogP contribution in [0.2, 0.25) is 0 Å². The number of alkyl halides is 3. The van der Waals surface area contributed by atoms with Crippen molar-refractivity contribution in [2.24, 2.45) is 5.92 Å². The molecule has 0 spiro atoms. The molecule has 1 aromatic rings. The molecule has 0 aliphatic carbocycles. The average Bonchev–Trinajstić information content (AvgIpc) is 2.26. The van der Waals surface area contributed by atoms with Gasteiger partial charge in [-0.3, -0.25) is 4.79 Å². The number of hydrogen-bond acceptors (Lipinski definition) is 1. The molecule has 0 saturated heterocycles. The standard InChI is InChI=1S/C13H14F4O2/c14-11-5-1-3-9(8-11)7-10(12(18)19)4-2-6-13(15,16)17/h1,3,5,8,10H,2,4,6-7H2,(H,18,19). The van der Waals surface area contributed by atoms with E-state index in [1.807, 2.05) is 0 Å². The van der Waals surface area contributed by atoms with Crippen LogP contribution in [0.5, 0.6) is 0 Å². The molecule has 0 bridgehead atoms. The summed E-state index contributed by atoms with van der Waals surface area (Å²) < 4.78 is 48.9. The third kappa shape index (κ3) is 6.22. The summed E-state index contributed by atoms with van der Waals surface area (Å²) >= 11 is 0. The summed E-state index contributed by atoms with van der Waals surface area (Å²) in [6, 6.07) is 5.42. The van der Waals surface area contributed by atoms with Gasteiger partial charge in [-0.25, -0.2) is 4.39 Å². The lowest BCUT2D eigenvalue weighted by atomic mass is 9.94. The predicted molar refractivity (Wildman–Crippen MR) is 61.1 cm³/mol. The van der Waals surface area contributed by atoms with Gasteiger partial charge in [0.15, 0.2) is 0 Å². The minimum atomic E-state index is -4.28. The maximum Gasteiger partial charge on any atom is 0.389 e. The number of carbonyl (C=O) groups is 1. The molecule has 0 amide bonds. The Labute approximate surface area is 108 Å². The fourth-order valence-electron chi connectivity index (χ4n) is 1.81. The molecule has 1 rings (SSSR count). The van der Waals surface area contributed by atoms with E-state index in [0.29, 0.717) is 5.56 Å². The largest absolute Gasteiger partial charge is 0.481 e. The Morgan fingerprint density at radius 2 is 2.00 bits per heavy atom. The molecule has 1 unspecified atom stereocenters.